The lowest BCUT2D eigenvalue weighted by Crippen LogP contribution is -2.38. The molecular weight excluding hydrogens is 255 g/mol. The molecule has 1 aromatic carbocycles. The Balaban J connectivity index is 1.51. The number of urea groups is 1. The number of amides is 2. The number of nitrogens with zero attached hydrogens (tertiary/aromatic N) is 1. The van der Waals surface area contributed by atoms with Crippen molar-refractivity contribution in [1.82, 2.24) is 10.2 Å². The molecule has 0 bridgehead atoms. The third-order valence-corrected chi connectivity index (χ3v) is 4.62. The Kier molecular flexibility index (Phi) is 3.90. The number of hydrogen-bond acceptors (Lipinski definition) is 1. The normalized spacial score (nSPS) is 25.4. The maximum Gasteiger partial charge on any atom is 0.317 e. The molecule has 4 heteroatoms. The molecule has 1 aliphatic heterocycles. The van der Waals surface area contributed by atoms with Crippen LogP contribution in [0.5, 0.6) is 0 Å². The second kappa shape index (κ2) is 5.81. The van der Waals surface area contributed by atoms with Crippen molar-refractivity contribution in [3.8, 4) is 0 Å². The van der Waals surface area contributed by atoms with Gasteiger partial charge in [-0.05, 0) is 42.4 Å². The summed E-state index contributed by atoms with van der Waals surface area (Å²) in [5.41, 5.74) is 0.927. The van der Waals surface area contributed by atoms with Crippen molar-refractivity contribution >= 4 is 6.03 Å². The van der Waals surface area contributed by atoms with Crippen LogP contribution in [0.2, 0.25) is 0 Å². The first-order chi connectivity index (χ1) is 9.72. The number of halogens is 1. The fraction of sp³-hybridized carbons (Fsp3) is 0.562. The molecule has 1 aromatic rings. The first-order valence-electron chi connectivity index (χ1n) is 7.49. The molecule has 1 heterocycles. The second-order valence-corrected chi connectivity index (χ2v) is 5.99. The van der Waals surface area contributed by atoms with Crippen LogP contribution in [0.25, 0.3) is 0 Å². The zero-order chi connectivity index (χ0) is 13.9. The fourth-order valence-electron chi connectivity index (χ4n) is 3.46. The van der Waals surface area contributed by atoms with Crippen LogP contribution in [0.3, 0.4) is 0 Å². The van der Waals surface area contributed by atoms with E-state index in [-0.39, 0.29) is 11.8 Å². The van der Waals surface area contributed by atoms with Gasteiger partial charge in [0.05, 0.1) is 0 Å². The van der Waals surface area contributed by atoms with Gasteiger partial charge < -0.3 is 10.2 Å². The maximum absolute atomic E-state index is 12.8. The zero-order valence-corrected chi connectivity index (χ0v) is 11.6. The summed E-state index contributed by atoms with van der Waals surface area (Å²) in [4.78, 5) is 14.1. The molecular formula is C16H21FN2O. The fourth-order valence-corrected chi connectivity index (χ4v) is 3.46. The van der Waals surface area contributed by atoms with E-state index in [9.17, 15) is 9.18 Å². The number of carbonyl (C=O) groups excluding carboxylic acids is 1. The molecule has 1 aliphatic carbocycles. The van der Waals surface area contributed by atoms with Crippen LogP contribution in [0.4, 0.5) is 9.18 Å². The topological polar surface area (TPSA) is 32.3 Å². The molecule has 3 rings (SSSR count). The lowest BCUT2D eigenvalue weighted by molar-refractivity contribution is 0.206. The summed E-state index contributed by atoms with van der Waals surface area (Å²) >= 11 is 0. The van der Waals surface area contributed by atoms with Gasteiger partial charge in [0.2, 0.25) is 0 Å². The molecule has 2 atom stereocenters. The van der Waals surface area contributed by atoms with Gasteiger partial charge in [-0.2, -0.15) is 0 Å². The first kappa shape index (κ1) is 13.4. The van der Waals surface area contributed by atoms with Crippen LogP contribution in [-0.2, 0) is 6.54 Å². The predicted molar refractivity (Wildman–Crippen MR) is 75.7 cm³/mol. The van der Waals surface area contributed by atoms with Gasteiger partial charge in [0.25, 0.3) is 0 Å². The van der Waals surface area contributed by atoms with Gasteiger partial charge in [-0.3, -0.25) is 0 Å². The number of likely N-dealkylation sites (tertiary alicyclic amines) is 1. The minimum absolute atomic E-state index is 0.0173. The molecule has 1 saturated heterocycles. The average molecular weight is 276 g/mol. The van der Waals surface area contributed by atoms with Crippen molar-refractivity contribution in [2.75, 3.05) is 13.1 Å². The molecule has 1 N–H and O–H groups in total. The maximum atomic E-state index is 12.8. The zero-order valence-electron chi connectivity index (χ0n) is 11.6. The van der Waals surface area contributed by atoms with E-state index in [4.69, 9.17) is 0 Å². The summed E-state index contributed by atoms with van der Waals surface area (Å²) in [5, 5.41) is 2.93. The third kappa shape index (κ3) is 2.94. The van der Waals surface area contributed by atoms with Gasteiger partial charge in [-0.1, -0.05) is 25.0 Å². The molecule has 3 nitrogen and oxygen atoms in total. The van der Waals surface area contributed by atoms with E-state index in [2.05, 4.69) is 5.32 Å². The molecule has 2 amide bonds. The molecule has 20 heavy (non-hydrogen) atoms. The molecule has 2 aliphatic rings. The minimum Gasteiger partial charge on any atom is -0.334 e. The summed E-state index contributed by atoms with van der Waals surface area (Å²) in [6.07, 6.45) is 5.16. The van der Waals surface area contributed by atoms with E-state index >= 15 is 0 Å². The highest BCUT2D eigenvalue weighted by Gasteiger charge is 2.36. The SMILES string of the molecule is O=C(NCc1ccc(F)cc1)N1CC2CCCCC2C1. The van der Waals surface area contributed by atoms with Crippen molar-refractivity contribution in [1.29, 1.82) is 0 Å². The number of nitrogens with one attached hydrogen (secondary N) is 1. The summed E-state index contributed by atoms with van der Waals surface area (Å²) in [6.45, 7) is 2.27. The van der Waals surface area contributed by atoms with Crippen LogP contribution in [0.1, 0.15) is 31.2 Å². The minimum atomic E-state index is -0.247. The summed E-state index contributed by atoms with van der Waals surface area (Å²) in [5.74, 6) is 1.17. The Morgan fingerprint density at radius 3 is 2.35 bits per heavy atom. The highest BCUT2D eigenvalue weighted by atomic mass is 19.1. The van der Waals surface area contributed by atoms with E-state index in [0.717, 1.165) is 18.7 Å². The third-order valence-electron chi connectivity index (χ3n) is 4.62. The van der Waals surface area contributed by atoms with Gasteiger partial charge in [-0.15, -0.1) is 0 Å². The largest absolute Gasteiger partial charge is 0.334 e. The highest BCUT2D eigenvalue weighted by molar-refractivity contribution is 5.74. The Hall–Kier alpha value is -1.58. The van der Waals surface area contributed by atoms with Crippen LogP contribution >= 0.6 is 0 Å². The van der Waals surface area contributed by atoms with E-state index in [1.54, 1.807) is 12.1 Å². The molecule has 2 unspecified atom stereocenters. The summed E-state index contributed by atoms with van der Waals surface area (Å²) < 4.78 is 12.8. The van der Waals surface area contributed by atoms with Crippen LogP contribution in [-0.4, -0.2) is 24.0 Å². The van der Waals surface area contributed by atoms with E-state index in [1.807, 2.05) is 4.90 Å². The van der Waals surface area contributed by atoms with E-state index < -0.39 is 0 Å². The molecule has 0 radical (unpaired) electrons. The second-order valence-electron chi connectivity index (χ2n) is 5.99. The summed E-state index contributed by atoms with van der Waals surface area (Å²) in [6, 6.07) is 6.28. The van der Waals surface area contributed by atoms with Crippen LogP contribution < -0.4 is 5.32 Å². The number of rotatable bonds is 2. The Labute approximate surface area is 119 Å². The van der Waals surface area contributed by atoms with Gasteiger partial charge in [0.1, 0.15) is 5.82 Å². The molecule has 1 saturated carbocycles. The predicted octanol–water partition coefficient (Wildman–Crippen LogP) is 3.16. The molecule has 0 aromatic heterocycles. The van der Waals surface area contributed by atoms with Gasteiger partial charge in [0, 0.05) is 19.6 Å². The average Bonchev–Trinajstić information content (AvgIpc) is 2.90. The summed E-state index contributed by atoms with van der Waals surface area (Å²) in [7, 11) is 0. The lowest BCUT2D eigenvalue weighted by Gasteiger charge is -2.22. The van der Waals surface area contributed by atoms with Gasteiger partial charge in [0.15, 0.2) is 0 Å². The van der Waals surface area contributed by atoms with Crippen molar-refractivity contribution in [3.05, 3.63) is 35.6 Å². The van der Waals surface area contributed by atoms with Crippen molar-refractivity contribution in [2.24, 2.45) is 11.8 Å². The molecule has 108 valence electrons. The smallest absolute Gasteiger partial charge is 0.317 e. The van der Waals surface area contributed by atoms with Crippen LogP contribution in [0, 0.1) is 17.7 Å². The standard InChI is InChI=1S/C16H21FN2O/c17-15-7-5-12(6-8-15)9-18-16(20)19-10-13-3-1-2-4-14(13)11-19/h5-8,13-14H,1-4,9-11H2,(H,18,20). The first-order valence-corrected chi connectivity index (χ1v) is 7.49. The quantitative estimate of drug-likeness (QED) is 0.884. The number of carbonyl (C=O) groups is 1. The Bertz CT molecular complexity index is 460. The number of hydrogen-bond donors (Lipinski definition) is 1. The van der Waals surface area contributed by atoms with E-state index in [1.165, 1.54) is 37.8 Å². The monoisotopic (exact) mass is 276 g/mol. The molecule has 0 spiro atoms. The van der Waals surface area contributed by atoms with Crippen molar-refractivity contribution in [2.45, 2.75) is 32.2 Å². The van der Waals surface area contributed by atoms with Gasteiger partial charge >= 0.3 is 6.03 Å². The Morgan fingerprint density at radius 2 is 1.75 bits per heavy atom. The Morgan fingerprint density at radius 1 is 1.15 bits per heavy atom. The van der Waals surface area contributed by atoms with Gasteiger partial charge in [-0.25, -0.2) is 9.18 Å². The van der Waals surface area contributed by atoms with E-state index in [0.29, 0.717) is 18.4 Å². The molecule has 2 fully saturated rings. The lowest BCUT2D eigenvalue weighted by atomic mass is 9.82. The van der Waals surface area contributed by atoms with Crippen molar-refractivity contribution in [3.63, 3.8) is 0 Å². The van der Waals surface area contributed by atoms with Crippen LogP contribution in [0.15, 0.2) is 24.3 Å². The number of fused-ring (bicyclic) bond motifs is 1. The van der Waals surface area contributed by atoms with Crippen molar-refractivity contribution < 1.29 is 9.18 Å². The highest BCUT2D eigenvalue weighted by Crippen LogP contribution is 2.35. The number of benzene rings is 1.